The zero-order valence-electron chi connectivity index (χ0n) is 13.2. The number of carbonyl (C=O) groups is 1. The van der Waals surface area contributed by atoms with Crippen LogP contribution in [0.5, 0.6) is 0 Å². The molecular formula is C17H19NO4S. The molecule has 0 radical (unpaired) electrons. The summed E-state index contributed by atoms with van der Waals surface area (Å²) in [5.74, 6) is -0.489. The summed E-state index contributed by atoms with van der Waals surface area (Å²) < 4.78 is 32.3. The zero-order chi connectivity index (χ0) is 17.0. The molecule has 0 aromatic heterocycles. The minimum absolute atomic E-state index is 0.165. The van der Waals surface area contributed by atoms with Crippen molar-refractivity contribution < 1.29 is 17.9 Å². The van der Waals surface area contributed by atoms with Crippen LogP contribution in [0.15, 0.2) is 53.4 Å². The van der Waals surface area contributed by atoms with Gasteiger partial charge in [-0.1, -0.05) is 23.8 Å². The Morgan fingerprint density at radius 2 is 1.74 bits per heavy atom. The van der Waals surface area contributed by atoms with Gasteiger partial charge in [0, 0.05) is 5.69 Å². The molecule has 0 heterocycles. The Morgan fingerprint density at radius 3 is 2.35 bits per heavy atom. The van der Waals surface area contributed by atoms with Gasteiger partial charge in [-0.2, -0.15) is 0 Å². The second kappa shape index (κ2) is 6.83. The van der Waals surface area contributed by atoms with Crippen LogP contribution in [0.3, 0.4) is 0 Å². The maximum absolute atomic E-state index is 12.3. The highest BCUT2D eigenvalue weighted by atomic mass is 32.2. The molecule has 0 aliphatic rings. The third kappa shape index (κ3) is 4.56. The topological polar surface area (TPSA) is 72.5 Å². The van der Waals surface area contributed by atoms with E-state index in [0.29, 0.717) is 11.3 Å². The van der Waals surface area contributed by atoms with Crippen molar-refractivity contribution in [3.05, 3.63) is 59.7 Å². The third-order valence-electron chi connectivity index (χ3n) is 3.02. The van der Waals surface area contributed by atoms with Crippen LogP contribution in [-0.2, 0) is 14.8 Å². The summed E-state index contributed by atoms with van der Waals surface area (Å²) in [6.45, 7) is 5.39. The van der Waals surface area contributed by atoms with Gasteiger partial charge in [-0.3, -0.25) is 4.72 Å². The van der Waals surface area contributed by atoms with Crippen LogP contribution in [0, 0.1) is 6.92 Å². The number of hydrogen-bond acceptors (Lipinski definition) is 4. The molecule has 5 nitrogen and oxygen atoms in total. The number of sulfonamides is 1. The summed E-state index contributed by atoms with van der Waals surface area (Å²) in [5.41, 5.74) is 1.58. The summed E-state index contributed by atoms with van der Waals surface area (Å²) in [6.07, 6.45) is -0.240. The van der Waals surface area contributed by atoms with Crippen molar-refractivity contribution in [1.29, 1.82) is 0 Å². The number of rotatable bonds is 5. The van der Waals surface area contributed by atoms with Gasteiger partial charge in [0.05, 0.1) is 16.6 Å². The summed E-state index contributed by atoms with van der Waals surface area (Å²) in [6, 6.07) is 12.7. The molecule has 0 fully saturated rings. The van der Waals surface area contributed by atoms with E-state index in [-0.39, 0.29) is 11.0 Å². The van der Waals surface area contributed by atoms with E-state index in [1.807, 2.05) is 6.92 Å². The number of aryl methyl sites for hydroxylation is 1. The molecule has 0 aliphatic heterocycles. The quantitative estimate of drug-likeness (QED) is 0.852. The van der Waals surface area contributed by atoms with E-state index in [0.717, 1.165) is 5.56 Å². The fourth-order valence-electron chi connectivity index (χ4n) is 1.92. The molecule has 0 saturated heterocycles. The van der Waals surface area contributed by atoms with Crippen LogP contribution < -0.4 is 4.72 Å². The molecule has 0 amide bonds. The van der Waals surface area contributed by atoms with Gasteiger partial charge in [0.2, 0.25) is 0 Å². The first-order chi connectivity index (χ1) is 10.8. The van der Waals surface area contributed by atoms with Gasteiger partial charge < -0.3 is 4.74 Å². The standard InChI is InChI=1S/C17H19NO4S/c1-12(2)22-17(19)14-5-4-6-15(11-14)18-23(20,21)16-9-7-13(3)8-10-16/h4-12,18H,1-3H3. The smallest absolute Gasteiger partial charge is 0.338 e. The molecule has 6 heteroatoms. The van der Waals surface area contributed by atoms with Gasteiger partial charge in [-0.05, 0) is 51.1 Å². The van der Waals surface area contributed by atoms with Crippen molar-refractivity contribution in [1.82, 2.24) is 0 Å². The monoisotopic (exact) mass is 333 g/mol. The highest BCUT2D eigenvalue weighted by Crippen LogP contribution is 2.18. The minimum Gasteiger partial charge on any atom is -0.459 e. The average molecular weight is 333 g/mol. The molecule has 2 rings (SSSR count). The molecule has 23 heavy (non-hydrogen) atoms. The van der Waals surface area contributed by atoms with Crippen molar-refractivity contribution in [3.8, 4) is 0 Å². The van der Waals surface area contributed by atoms with E-state index in [2.05, 4.69) is 4.72 Å². The number of esters is 1. The first-order valence-electron chi connectivity index (χ1n) is 7.18. The number of anilines is 1. The van der Waals surface area contributed by atoms with Crippen molar-refractivity contribution >= 4 is 21.7 Å². The Hall–Kier alpha value is -2.34. The Morgan fingerprint density at radius 1 is 1.09 bits per heavy atom. The zero-order valence-corrected chi connectivity index (χ0v) is 14.1. The molecule has 0 aliphatic carbocycles. The Labute approximate surface area is 136 Å². The van der Waals surface area contributed by atoms with Gasteiger partial charge in [0.25, 0.3) is 10.0 Å². The van der Waals surface area contributed by atoms with Crippen molar-refractivity contribution in [2.45, 2.75) is 31.8 Å². The van der Waals surface area contributed by atoms with Crippen molar-refractivity contribution in [3.63, 3.8) is 0 Å². The first kappa shape index (κ1) is 17.0. The van der Waals surface area contributed by atoms with Gasteiger partial charge in [0.15, 0.2) is 0 Å². The lowest BCUT2D eigenvalue weighted by Gasteiger charge is -2.11. The fourth-order valence-corrected chi connectivity index (χ4v) is 2.97. The molecule has 0 atom stereocenters. The Kier molecular flexibility index (Phi) is 5.05. The van der Waals surface area contributed by atoms with E-state index < -0.39 is 16.0 Å². The Balaban J connectivity index is 2.23. The average Bonchev–Trinajstić information content (AvgIpc) is 2.46. The van der Waals surface area contributed by atoms with Crippen LogP contribution >= 0.6 is 0 Å². The lowest BCUT2D eigenvalue weighted by Crippen LogP contribution is -2.14. The minimum atomic E-state index is -3.70. The Bertz CT molecular complexity index is 796. The van der Waals surface area contributed by atoms with Crippen molar-refractivity contribution in [2.24, 2.45) is 0 Å². The maximum atomic E-state index is 12.3. The largest absolute Gasteiger partial charge is 0.459 e. The highest BCUT2D eigenvalue weighted by molar-refractivity contribution is 7.92. The normalized spacial score (nSPS) is 11.3. The first-order valence-corrected chi connectivity index (χ1v) is 8.67. The van der Waals surface area contributed by atoms with Crippen LogP contribution in [0.4, 0.5) is 5.69 Å². The van der Waals surface area contributed by atoms with Crippen LogP contribution in [0.25, 0.3) is 0 Å². The van der Waals surface area contributed by atoms with Gasteiger partial charge >= 0.3 is 5.97 Å². The van der Waals surface area contributed by atoms with Crippen molar-refractivity contribution in [2.75, 3.05) is 4.72 Å². The number of benzene rings is 2. The van der Waals surface area contributed by atoms with Gasteiger partial charge in [0.1, 0.15) is 0 Å². The molecule has 0 unspecified atom stereocenters. The molecule has 0 bridgehead atoms. The van der Waals surface area contributed by atoms with E-state index in [1.54, 1.807) is 44.2 Å². The molecule has 1 N–H and O–H groups in total. The number of hydrogen-bond donors (Lipinski definition) is 1. The predicted molar refractivity (Wildman–Crippen MR) is 89.0 cm³/mol. The SMILES string of the molecule is Cc1ccc(S(=O)(=O)Nc2cccc(C(=O)OC(C)C)c2)cc1. The lowest BCUT2D eigenvalue weighted by molar-refractivity contribution is 0.0378. The maximum Gasteiger partial charge on any atom is 0.338 e. The molecule has 0 spiro atoms. The summed E-state index contributed by atoms with van der Waals surface area (Å²) in [7, 11) is -3.70. The summed E-state index contributed by atoms with van der Waals surface area (Å²) in [5, 5.41) is 0. The molecule has 2 aromatic carbocycles. The molecule has 122 valence electrons. The molecular weight excluding hydrogens is 314 g/mol. The number of nitrogens with one attached hydrogen (secondary N) is 1. The van der Waals surface area contributed by atoms with Crippen LogP contribution in [-0.4, -0.2) is 20.5 Å². The summed E-state index contributed by atoms with van der Waals surface area (Å²) >= 11 is 0. The summed E-state index contributed by atoms with van der Waals surface area (Å²) in [4.78, 5) is 12.0. The second-order valence-corrected chi connectivity index (χ2v) is 7.14. The molecule has 0 saturated carbocycles. The molecule has 2 aromatic rings. The van der Waals surface area contributed by atoms with E-state index >= 15 is 0 Å². The van der Waals surface area contributed by atoms with E-state index in [4.69, 9.17) is 4.74 Å². The number of ether oxygens (including phenoxy) is 1. The third-order valence-corrected chi connectivity index (χ3v) is 4.42. The van der Waals surface area contributed by atoms with E-state index in [9.17, 15) is 13.2 Å². The lowest BCUT2D eigenvalue weighted by atomic mass is 10.2. The fraction of sp³-hybridized carbons (Fsp3) is 0.235. The second-order valence-electron chi connectivity index (χ2n) is 5.45. The predicted octanol–water partition coefficient (Wildman–Crippen LogP) is 3.36. The number of carbonyl (C=O) groups excluding carboxylic acids is 1. The van der Waals surface area contributed by atoms with Gasteiger partial charge in [-0.25, -0.2) is 13.2 Å². The van der Waals surface area contributed by atoms with Crippen LogP contribution in [0.1, 0.15) is 29.8 Å². The van der Waals surface area contributed by atoms with E-state index in [1.165, 1.54) is 18.2 Å². The van der Waals surface area contributed by atoms with Crippen LogP contribution in [0.2, 0.25) is 0 Å². The highest BCUT2D eigenvalue weighted by Gasteiger charge is 2.15. The van der Waals surface area contributed by atoms with Gasteiger partial charge in [-0.15, -0.1) is 0 Å².